The van der Waals surface area contributed by atoms with Crippen molar-refractivity contribution < 1.29 is 0 Å². The standard InChI is InChI=1S/C18H24N4S/c1-13-7-6-10-22(12-13)18(19)20-11-16-14(2)21-17(23-16)15-8-4-3-5-9-15/h3-5,8-9,13H,6-7,10-12H2,1-2H3,(H2,19,20). The summed E-state index contributed by atoms with van der Waals surface area (Å²) in [5, 5.41) is 1.05. The molecule has 0 bridgehead atoms. The minimum Gasteiger partial charge on any atom is -0.370 e. The normalized spacial score (nSPS) is 19.1. The molecule has 1 saturated heterocycles. The van der Waals surface area contributed by atoms with Gasteiger partial charge in [0.1, 0.15) is 5.01 Å². The second-order valence-corrected chi connectivity index (χ2v) is 7.35. The molecule has 0 spiro atoms. The van der Waals surface area contributed by atoms with Crippen LogP contribution in [0.4, 0.5) is 0 Å². The Bertz CT molecular complexity index is 678. The molecule has 122 valence electrons. The molecule has 0 aliphatic carbocycles. The zero-order chi connectivity index (χ0) is 16.2. The van der Waals surface area contributed by atoms with Crippen molar-refractivity contribution in [1.29, 1.82) is 0 Å². The van der Waals surface area contributed by atoms with Gasteiger partial charge < -0.3 is 10.6 Å². The number of thiazole rings is 1. The highest BCUT2D eigenvalue weighted by Gasteiger charge is 2.17. The van der Waals surface area contributed by atoms with Crippen LogP contribution in [-0.4, -0.2) is 28.9 Å². The van der Waals surface area contributed by atoms with Crippen molar-refractivity contribution in [2.45, 2.75) is 33.2 Å². The summed E-state index contributed by atoms with van der Waals surface area (Å²) >= 11 is 1.71. The van der Waals surface area contributed by atoms with Gasteiger partial charge in [0.25, 0.3) is 0 Å². The topological polar surface area (TPSA) is 54.5 Å². The first kappa shape index (κ1) is 16.0. The van der Waals surface area contributed by atoms with Crippen LogP contribution in [0.25, 0.3) is 10.6 Å². The first-order chi connectivity index (χ1) is 11.1. The van der Waals surface area contributed by atoms with Gasteiger partial charge in [0.15, 0.2) is 5.96 Å². The number of aliphatic imine (C=N–C) groups is 1. The lowest BCUT2D eigenvalue weighted by molar-refractivity contribution is 0.270. The molecule has 0 radical (unpaired) electrons. The highest BCUT2D eigenvalue weighted by Crippen LogP contribution is 2.28. The Labute approximate surface area is 142 Å². The summed E-state index contributed by atoms with van der Waals surface area (Å²) in [7, 11) is 0. The molecular weight excluding hydrogens is 304 g/mol. The first-order valence-electron chi connectivity index (χ1n) is 8.20. The van der Waals surface area contributed by atoms with E-state index in [1.54, 1.807) is 11.3 Å². The van der Waals surface area contributed by atoms with Crippen molar-refractivity contribution in [1.82, 2.24) is 9.88 Å². The second kappa shape index (κ2) is 7.13. The molecule has 4 nitrogen and oxygen atoms in total. The third-order valence-electron chi connectivity index (χ3n) is 4.28. The van der Waals surface area contributed by atoms with Crippen LogP contribution in [0.3, 0.4) is 0 Å². The molecule has 1 atom stereocenters. The van der Waals surface area contributed by atoms with Crippen LogP contribution < -0.4 is 5.73 Å². The lowest BCUT2D eigenvalue weighted by atomic mass is 10.0. The summed E-state index contributed by atoms with van der Waals surface area (Å²) in [6, 6.07) is 10.3. The molecule has 1 aromatic carbocycles. The van der Waals surface area contributed by atoms with Crippen LogP contribution in [0.15, 0.2) is 35.3 Å². The predicted molar refractivity (Wildman–Crippen MR) is 97.6 cm³/mol. The van der Waals surface area contributed by atoms with Gasteiger partial charge in [-0.3, -0.25) is 0 Å². The number of guanidine groups is 1. The molecule has 2 N–H and O–H groups in total. The summed E-state index contributed by atoms with van der Waals surface area (Å²) in [4.78, 5) is 12.7. The van der Waals surface area contributed by atoms with Crippen LogP contribution in [0.1, 0.15) is 30.3 Å². The number of hydrogen-bond donors (Lipinski definition) is 1. The maximum Gasteiger partial charge on any atom is 0.191 e. The summed E-state index contributed by atoms with van der Waals surface area (Å²) in [6.07, 6.45) is 2.49. The van der Waals surface area contributed by atoms with Crippen molar-refractivity contribution in [3.8, 4) is 10.6 Å². The van der Waals surface area contributed by atoms with E-state index >= 15 is 0 Å². The third-order valence-corrected chi connectivity index (χ3v) is 5.47. The van der Waals surface area contributed by atoms with E-state index in [1.165, 1.54) is 17.7 Å². The molecule has 3 rings (SSSR count). The van der Waals surface area contributed by atoms with Gasteiger partial charge in [0, 0.05) is 23.5 Å². The number of hydrogen-bond acceptors (Lipinski definition) is 3. The second-order valence-electron chi connectivity index (χ2n) is 6.26. The molecule has 2 heterocycles. The fraction of sp³-hybridized carbons (Fsp3) is 0.444. The highest BCUT2D eigenvalue weighted by atomic mass is 32.1. The van der Waals surface area contributed by atoms with E-state index in [9.17, 15) is 0 Å². The Morgan fingerprint density at radius 1 is 1.39 bits per heavy atom. The Hall–Kier alpha value is -1.88. The summed E-state index contributed by atoms with van der Waals surface area (Å²) in [5.74, 6) is 1.37. The monoisotopic (exact) mass is 328 g/mol. The van der Waals surface area contributed by atoms with E-state index in [2.05, 4.69) is 33.9 Å². The fourth-order valence-corrected chi connectivity index (χ4v) is 3.92. The fourth-order valence-electron chi connectivity index (χ4n) is 2.93. The Morgan fingerprint density at radius 3 is 2.91 bits per heavy atom. The van der Waals surface area contributed by atoms with Crippen LogP contribution in [0, 0.1) is 12.8 Å². The van der Waals surface area contributed by atoms with Crippen LogP contribution in [-0.2, 0) is 6.54 Å². The molecule has 1 unspecified atom stereocenters. The number of nitrogens with two attached hydrogens (primary N) is 1. The van der Waals surface area contributed by atoms with Crippen molar-refractivity contribution >= 4 is 17.3 Å². The van der Waals surface area contributed by atoms with Gasteiger partial charge in [-0.05, 0) is 25.7 Å². The number of nitrogens with zero attached hydrogens (tertiary/aromatic N) is 3. The lowest BCUT2D eigenvalue weighted by Crippen LogP contribution is -2.43. The van der Waals surface area contributed by atoms with Gasteiger partial charge in [-0.2, -0.15) is 0 Å². The number of piperidine rings is 1. The van der Waals surface area contributed by atoms with Gasteiger partial charge in [-0.15, -0.1) is 11.3 Å². The van der Waals surface area contributed by atoms with E-state index in [-0.39, 0.29) is 0 Å². The van der Waals surface area contributed by atoms with E-state index in [4.69, 9.17) is 5.73 Å². The number of rotatable bonds is 3. The van der Waals surface area contributed by atoms with E-state index in [0.717, 1.165) is 29.4 Å². The molecule has 1 aliphatic rings. The average molecular weight is 328 g/mol. The van der Waals surface area contributed by atoms with Crippen LogP contribution >= 0.6 is 11.3 Å². The Balaban J connectivity index is 1.70. The van der Waals surface area contributed by atoms with Gasteiger partial charge in [0.05, 0.1) is 12.2 Å². The number of benzene rings is 1. The van der Waals surface area contributed by atoms with Crippen molar-refractivity contribution in [2.75, 3.05) is 13.1 Å². The molecule has 1 fully saturated rings. The number of aromatic nitrogens is 1. The number of aryl methyl sites for hydroxylation is 1. The average Bonchev–Trinajstić information content (AvgIpc) is 2.94. The van der Waals surface area contributed by atoms with Crippen molar-refractivity contribution in [3.63, 3.8) is 0 Å². The summed E-state index contributed by atoms with van der Waals surface area (Å²) in [5.41, 5.74) is 8.40. The third kappa shape index (κ3) is 3.91. The van der Waals surface area contributed by atoms with Crippen LogP contribution in [0.2, 0.25) is 0 Å². The molecule has 1 aromatic heterocycles. The summed E-state index contributed by atoms with van der Waals surface area (Å²) in [6.45, 7) is 6.99. The maximum atomic E-state index is 6.19. The number of likely N-dealkylation sites (tertiary alicyclic amines) is 1. The Morgan fingerprint density at radius 2 is 2.17 bits per heavy atom. The largest absolute Gasteiger partial charge is 0.370 e. The minimum atomic E-state index is 0.618. The highest BCUT2D eigenvalue weighted by molar-refractivity contribution is 7.15. The first-order valence-corrected chi connectivity index (χ1v) is 9.01. The van der Waals surface area contributed by atoms with Gasteiger partial charge >= 0.3 is 0 Å². The van der Waals surface area contributed by atoms with Crippen LogP contribution in [0.5, 0.6) is 0 Å². The SMILES string of the molecule is Cc1nc(-c2ccccc2)sc1CN=C(N)N1CCCC(C)C1. The molecule has 23 heavy (non-hydrogen) atoms. The minimum absolute atomic E-state index is 0.618. The van der Waals surface area contributed by atoms with Gasteiger partial charge in [0.2, 0.25) is 0 Å². The van der Waals surface area contributed by atoms with Gasteiger partial charge in [-0.1, -0.05) is 37.3 Å². The summed E-state index contributed by atoms with van der Waals surface area (Å²) < 4.78 is 0. The Kier molecular flexibility index (Phi) is 4.96. The van der Waals surface area contributed by atoms with Crippen molar-refractivity contribution in [3.05, 3.63) is 40.9 Å². The zero-order valence-corrected chi connectivity index (χ0v) is 14.6. The maximum absolute atomic E-state index is 6.19. The van der Waals surface area contributed by atoms with E-state index in [1.807, 2.05) is 25.1 Å². The molecular formula is C18H24N4S. The van der Waals surface area contributed by atoms with Gasteiger partial charge in [-0.25, -0.2) is 9.98 Å². The smallest absolute Gasteiger partial charge is 0.191 e. The molecule has 2 aromatic rings. The molecule has 0 saturated carbocycles. The van der Waals surface area contributed by atoms with E-state index in [0.29, 0.717) is 18.4 Å². The zero-order valence-electron chi connectivity index (χ0n) is 13.8. The quantitative estimate of drug-likeness (QED) is 0.691. The lowest BCUT2D eigenvalue weighted by Gasteiger charge is -2.31. The predicted octanol–water partition coefficient (Wildman–Crippen LogP) is 3.67. The van der Waals surface area contributed by atoms with Crippen molar-refractivity contribution in [2.24, 2.45) is 16.6 Å². The molecule has 5 heteroatoms. The molecule has 1 aliphatic heterocycles. The molecule has 0 amide bonds. The van der Waals surface area contributed by atoms with E-state index < -0.39 is 0 Å².